The van der Waals surface area contributed by atoms with Gasteiger partial charge in [-0.15, -0.1) is 11.3 Å². The van der Waals surface area contributed by atoms with Gasteiger partial charge in [-0.25, -0.2) is 15.2 Å². The van der Waals surface area contributed by atoms with E-state index in [4.69, 9.17) is 14.2 Å². The van der Waals surface area contributed by atoms with Crippen molar-refractivity contribution >= 4 is 51.4 Å². The maximum atomic E-state index is 12.5. The molecule has 10 heteroatoms. The van der Waals surface area contributed by atoms with Gasteiger partial charge in [-0.3, -0.25) is 4.79 Å². The number of carbonyl (C=O) groups excluding carboxylic acids is 2. The number of rotatable bonds is 10. The molecule has 4 rings (SSSR count). The fourth-order valence-electron chi connectivity index (χ4n) is 3.09. The summed E-state index contributed by atoms with van der Waals surface area (Å²) in [4.78, 5) is 29.2. The van der Waals surface area contributed by atoms with Crippen LogP contribution in [0.3, 0.4) is 0 Å². The maximum Gasteiger partial charge on any atom is 0.343 e. The molecule has 184 valence electrons. The minimum Gasteiger partial charge on any atom is -0.497 e. The zero-order valence-corrected chi connectivity index (χ0v) is 21.2. The molecule has 8 nitrogen and oxygen atoms in total. The van der Waals surface area contributed by atoms with Crippen LogP contribution in [0.4, 0.5) is 0 Å². The second-order valence-corrected chi connectivity index (χ2v) is 9.54. The number of thioether (sulfide) groups is 1. The lowest BCUT2D eigenvalue weighted by molar-refractivity contribution is -0.118. The number of hydrazone groups is 1. The Hall–Kier alpha value is -3.89. The van der Waals surface area contributed by atoms with Crippen molar-refractivity contribution in [3.63, 3.8) is 0 Å². The van der Waals surface area contributed by atoms with E-state index in [9.17, 15) is 9.59 Å². The van der Waals surface area contributed by atoms with Crippen molar-refractivity contribution in [3.8, 4) is 17.2 Å². The second-order valence-electron chi connectivity index (χ2n) is 7.29. The Morgan fingerprint density at radius 3 is 2.64 bits per heavy atom. The molecule has 0 saturated carbocycles. The third kappa shape index (κ3) is 6.61. The average molecular weight is 522 g/mol. The van der Waals surface area contributed by atoms with E-state index in [1.54, 1.807) is 60.9 Å². The molecule has 0 spiro atoms. The first-order valence-electron chi connectivity index (χ1n) is 11.0. The molecular formula is C26H23N3O5S2. The number of fused-ring (bicyclic) bond motifs is 1. The molecule has 1 heterocycles. The highest BCUT2D eigenvalue weighted by Crippen LogP contribution is 2.30. The lowest BCUT2D eigenvalue weighted by Gasteiger charge is -2.11. The Balaban J connectivity index is 1.34. The molecule has 0 aliphatic carbocycles. The molecule has 0 unspecified atom stereocenters. The van der Waals surface area contributed by atoms with Crippen molar-refractivity contribution in [3.05, 3.63) is 77.9 Å². The monoisotopic (exact) mass is 521 g/mol. The summed E-state index contributed by atoms with van der Waals surface area (Å²) in [5.41, 5.74) is 4.49. The van der Waals surface area contributed by atoms with Gasteiger partial charge in [-0.05, 0) is 67.1 Å². The third-order valence-corrected chi connectivity index (χ3v) is 6.98. The first kappa shape index (κ1) is 25.2. The zero-order chi connectivity index (χ0) is 25.3. The number of hydrogen-bond acceptors (Lipinski definition) is 9. The fourth-order valence-corrected chi connectivity index (χ4v) is 4.96. The van der Waals surface area contributed by atoms with Crippen molar-refractivity contribution in [2.75, 3.05) is 19.5 Å². The molecule has 1 aromatic heterocycles. The standard InChI is InChI=1S/C26H23N3O5S2/c1-3-33-22-14-17(8-13-21(22)34-25(31)18-9-11-19(32-2)12-10-18)15-27-29-24(30)16-35-26-28-20-6-4-5-7-23(20)36-26/h4-15H,3,16H2,1-2H3,(H,29,30)/b27-15-. The number of thiazole rings is 1. The molecule has 0 atom stereocenters. The number of nitrogens with zero attached hydrogens (tertiary/aromatic N) is 2. The van der Waals surface area contributed by atoms with Crippen molar-refractivity contribution in [2.24, 2.45) is 5.10 Å². The molecule has 0 radical (unpaired) electrons. The third-order valence-electron chi connectivity index (χ3n) is 4.80. The molecule has 0 aliphatic heterocycles. The summed E-state index contributed by atoms with van der Waals surface area (Å²) in [6.45, 7) is 2.21. The van der Waals surface area contributed by atoms with Crippen LogP contribution in [0.5, 0.6) is 17.2 Å². The first-order valence-corrected chi connectivity index (χ1v) is 12.8. The number of methoxy groups -OCH3 is 1. The number of benzene rings is 3. The summed E-state index contributed by atoms with van der Waals surface area (Å²) in [6, 6.07) is 19.5. The highest BCUT2D eigenvalue weighted by Gasteiger charge is 2.14. The first-order chi connectivity index (χ1) is 17.6. The van der Waals surface area contributed by atoms with Crippen molar-refractivity contribution in [1.82, 2.24) is 10.4 Å². The van der Waals surface area contributed by atoms with Gasteiger partial charge < -0.3 is 14.2 Å². The number of amides is 1. The molecule has 0 fully saturated rings. The van der Waals surface area contributed by atoms with Gasteiger partial charge in [0, 0.05) is 0 Å². The minimum absolute atomic E-state index is 0.196. The molecule has 0 saturated heterocycles. The van der Waals surface area contributed by atoms with Crippen LogP contribution in [0.2, 0.25) is 0 Å². The van der Waals surface area contributed by atoms with Crippen molar-refractivity contribution in [2.45, 2.75) is 11.3 Å². The van der Waals surface area contributed by atoms with Gasteiger partial charge >= 0.3 is 5.97 Å². The quantitative estimate of drug-likeness (QED) is 0.101. The van der Waals surface area contributed by atoms with Gasteiger partial charge in [0.05, 0.1) is 41.5 Å². The number of hydrogen-bond donors (Lipinski definition) is 1. The van der Waals surface area contributed by atoms with E-state index in [2.05, 4.69) is 15.5 Å². The lowest BCUT2D eigenvalue weighted by atomic mass is 10.2. The maximum absolute atomic E-state index is 12.5. The highest BCUT2D eigenvalue weighted by atomic mass is 32.2. The lowest BCUT2D eigenvalue weighted by Crippen LogP contribution is -2.19. The normalized spacial score (nSPS) is 10.9. The fraction of sp³-hybridized carbons (Fsp3) is 0.154. The van der Waals surface area contributed by atoms with Crippen LogP contribution >= 0.6 is 23.1 Å². The minimum atomic E-state index is -0.516. The molecule has 3 aromatic carbocycles. The number of para-hydroxylation sites is 1. The summed E-state index contributed by atoms with van der Waals surface area (Å²) in [5.74, 6) is 0.755. The van der Waals surface area contributed by atoms with Crippen LogP contribution in [0.25, 0.3) is 10.2 Å². The predicted molar refractivity (Wildman–Crippen MR) is 142 cm³/mol. The van der Waals surface area contributed by atoms with Gasteiger partial charge in [-0.2, -0.15) is 5.10 Å². The van der Waals surface area contributed by atoms with Crippen molar-refractivity contribution < 1.29 is 23.8 Å². The summed E-state index contributed by atoms with van der Waals surface area (Å²) in [6.07, 6.45) is 1.50. The molecule has 0 aliphatic rings. The number of ether oxygens (including phenoxy) is 3. The van der Waals surface area contributed by atoms with Gasteiger partial charge in [0.25, 0.3) is 5.91 Å². The topological polar surface area (TPSA) is 99.1 Å². The Bertz CT molecular complexity index is 1350. The van der Waals surface area contributed by atoms with Gasteiger partial charge in [0.15, 0.2) is 15.8 Å². The van der Waals surface area contributed by atoms with E-state index < -0.39 is 5.97 Å². The zero-order valence-electron chi connectivity index (χ0n) is 19.6. The summed E-state index contributed by atoms with van der Waals surface area (Å²) in [5, 5.41) is 4.02. The second kappa shape index (κ2) is 12.2. The number of nitrogens with one attached hydrogen (secondary N) is 1. The van der Waals surface area contributed by atoms with E-state index in [-0.39, 0.29) is 17.4 Å². The van der Waals surface area contributed by atoms with Crippen LogP contribution in [-0.4, -0.2) is 42.5 Å². The smallest absolute Gasteiger partial charge is 0.343 e. The van der Waals surface area contributed by atoms with Gasteiger partial charge in [0.2, 0.25) is 0 Å². The van der Waals surface area contributed by atoms with Gasteiger partial charge in [0.1, 0.15) is 5.75 Å². The molecular weight excluding hydrogens is 498 g/mol. The molecule has 1 amide bonds. The predicted octanol–water partition coefficient (Wildman–Crippen LogP) is 5.17. The summed E-state index contributed by atoms with van der Waals surface area (Å²) in [7, 11) is 1.56. The summed E-state index contributed by atoms with van der Waals surface area (Å²) < 4.78 is 18.2. The molecule has 4 aromatic rings. The Labute approximate surface area is 216 Å². The van der Waals surface area contributed by atoms with E-state index in [0.29, 0.717) is 29.2 Å². The highest BCUT2D eigenvalue weighted by molar-refractivity contribution is 8.01. The van der Waals surface area contributed by atoms with Crippen LogP contribution in [-0.2, 0) is 4.79 Å². The van der Waals surface area contributed by atoms with Crippen LogP contribution in [0.1, 0.15) is 22.8 Å². The van der Waals surface area contributed by atoms with Crippen molar-refractivity contribution in [1.29, 1.82) is 0 Å². The van der Waals surface area contributed by atoms with Crippen LogP contribution in [0, 0.1) is 0 Å². The number of carbonyl (C=O) groups is 2. The molecule has 0 bridgehead atoms. The Morgan fingerprint density at radius 2 is 1.89 bits per heavy atom. The Morgan fingerprint density at radius 1 is 1.08 bits per heavy atom. The van der Waals surface area contributed by atoms with E-state index in [1.807, 2.05) is 31.2 Å². The van der Waals surface area contributed by atoms with Gasteiger partial charge in [-0.1, -0.05) is 23.9 Å². The SMILES string of the molecule is CCOc1cc(/C=N\NC(=O)CSc2nc3ccccc3s2)ccc1OC(=O)c1ccc(OC)cc1. The average Bonchev–Trinajstić information content (AvgIpc) is 3.32. The summed E-state index contributed by atoms with van der Waals surface area (Å²) >= 11 is 2.91. The van der Waals surface area contributed by atoms with E-state index >= 15 is 0 Å². The van der Waals surface area contributed by atoms with Crippen LogP contribution < -0.4 is 19.6 Å². The number of esters is 1. The molecule has 36 heavy (non-hydrogen) atoms. The van der Waals surface area contributed by atoms with E-state index in [0.717, 1.165) is 14.6 Å². The van der Waals surface area contributed by atoms with E-state index in [1.165, 1.54) is 18.0 Å². The largest absolute Gasteiger partial charge is 0.497 e. The van der Waals surface area contributed by atoms with Crippen LogP contribution in [0.15, 0.2) is 76.2 Å². The Kier molecular flexibility index (Phi) is 8.53. The number of aromatic nitrogens is 1. The molecule has 1 N–H and O–H groups in total.